The standard InChI is InChI=1S/C11H17N3OS/c1-2-6-12-8(4-1)11-13-10(14-15-11)9-5-3-7-16-9/h8-9,12H,1-7H2/t8-,9?/m0/s1. The zero-order chi connectivity index (χ0) is 10.8. The van der Waals surface area contributed by atoms with E-state index in [-0.39, 0.29) is 0 Å². The Bertz CT molecular complexity index is 343. The molecule has 16 heavy (non-hydrogen) atoms. The molecule has 2 aliphatic rings. The van der Waals surface area contributed by atoms with Gasteiger partial charge in [-0.25, -0.2) is 0 Å². The molecule has 2 fully saturated rings. The lowest BCUT2D eigenvalue weighted by atomic mass is 10.1. The summed E-state index contributed by atoms with van der Waals surface area (Å²) in [5.41, 5.74) is 0. The van der Waals surface area contributed by atoms with Crippen LogP contribution in [-0.4, -0.2) is 22.4 Å². The number of rotatable bonds is 2. The summed E-state index contributed by atoms with van der Waals surface area (Å²) in [5.74, 6) is 2.93. The molecule has 1 aromatic rings. The van der Waals surface area contributed by atoms with Gasteiger partial charge in [-0.2, -0.15) is 16.7 Å². The lowest BCUT2D eigenvalue weighted by molar-refractivity contribution is 0.296. The Kier molecular flexibility index (Phi) is 3.15. The van der Waals surface area contributed by atoms with E-state index in [4.69, 9.17) is 4.52 Å². The molecule has 0 spiro atoms. The van der Waals surface area contributed by atoms with Gasteiger partial charge < -0.3 is 9.84 Å². The molecule has 0 bridgehead atoms. The van der Waals surface area contributed by atoms with Crippen molar-refractivity contribution >= 4 is 11.8 Å². The zero-order valence-electron chi connectivity index (χ0n) is 9.32. The van der Waals surface area contributed by atoms with E-state index in [0.29, 0.717) is 11.3 Å². The second-order valence-corrected chi connectivity index (χ2v) is 5.81. The van der Waals surface area contributed by atoms with Gasteiger partial charge in [0.2, 0.25) is 5.89 Å². The van der Waals surface area contributed by atoms with Gasteiger partial charge in [0.1, 0.15) is 0 Å². The van der Waals surface area contributed by atoms with Crippen molar-refractivity contribution in [1.82, 2.24) is 15.5 Å². The number of nitrogens with one attached hydrogen (secondary N) is 1. The summed E-state index contributed by atoms with van der Waals surface area (Å²) in [4.78, 5) is 4.55. The summed E-state index contributed by atoms with van der Waals surface area (Å²) in [5, 5.41) is 8.04. The minimum Gasteiger partial charge on any atom is -0.338 e. The van der Waals surface area contributed by atoms with Gasteiger partial charge in [0.15, 0.2) is 5.82 Å². The first-order valence-electron chi connectivity index (χ1n) is 6.12. The van der Waals surface area contributed by atoms with Crippen molar-refractivity contribution in [2.75, 3.05) is 12.3 Å². The summed E-state index contributed by atoms with van der Waals surface area (Å²) < 4.78 is 5.38. The Morgan fingerprint density at radius 1 is 1.25 bits per heavy atom. The number of piperidine rings is 1. The summed E-state index contributed by atoms with van der Waals surface area (Å²) >= 11 is 1.95. The predicted octanol–water partition coefficient (Wildman–Crippen LogP) is 2.45. The lowest BCUT2D eigenvalue weighted by Gasteiger charge is -2.19. The minimum atomic E-state index is 0.293. The van der Waals surface area contributed by atoms with Crippen molar-refractivity contribution in [2.24, 2.45) is 0 Å². The van der Waals surface area contributed by atoms with Crippen LogP contribution < -0.4 is 5.32 Å². The average molecular weight is 239 g/mol. The average Bonchev–Trinajstić information content (AvgIpc) is 3.01. The Hall–Kier alpha value is -0.550. The third-order valence-electron chi connectivity index (χ3n) is 3.28. The van der Waals surface area contributed by atoms with Crippen molar-refractivity contribution < 1.29 is 4.52 Å². The topological polar surface area (TPSA) is 51.0 Å². The van der Waals surface area contributed by atoms with E-state index in [2.05, 4.69) is 15.5 Å². The maximum absolute atomic E-state index is 5.38. The SMILES string of the molecule is C1CC[C@@H](c2nc(C3CCCS3)no2)NC1. The highest BCUT2D eigenvalue weighted by Gasteiger charge is 2.26. The van der Waals surface area contributed by atoms with Crippen molar-refractivity contribution in [3.05, 3.63) is 11.7 Å². The highest BCUT2D eigenvalue weighted by molar-refractivity contribution is 7.99. The number of nitrogens with zero attached hydrogens (tertiary/aromatic N) is 2. The molecule has 0 amide bonds. The number of aromatic nitrogens is 2. The first-order chi connectivity index (χ1) is 7.93. The van der Waals surface area contributed by atoms with Crippen molar-refractivity contribution in [3.8, 4) is 0 Å². The summed E-state index contributed by atoms with van der Waals surface area (Å²) in [6.07, 6.45) is 6.12. The summed E-state index contributed by atoms with van der Waals surface area (Å²) in [6.45, 7) is 1.07. The minimum absolute atomic E-state index is 0.293. The van der Waals surface area contributed by atoms with Crippen LogP contribution in [0.25, 0.3) is 0 Å². The first-order valence-corrected chi connectivity index (χ1v) is 7.17. The highest BCUT2D eigenvalue weighted by atomic mass is 32.2. The normalized spacial score (nSPS) is 30.8. The second kappa shape index (κ2) is 4.75. The van der Waals surface area contributed by atoms with Crippen LogP contribution in [0.1, 0.15) is 55.1 Å². The predicted molar refractivity (Wildman–Crippen MR) is 63.3 cm³/mol. The van der Waals surface area contributed by atoms with E-state index in [9.17, 15) is 0 Å². The molecule has 0 aliphatic carbocycles. The number of thioether (sulfide) groups is 1. The zero-order valence-corrected chi connectivity index (χ0v) is 10.1. The molecular weight excluding hydrogens is 222 g/mol. The largest absolute Gasteiger partial charge is 0.338 e. The van der Waals surface area contributed by atoms with Crippen LogP contribution in [0.4, 0.5) is 0 Å². The monoisotopic (exact) mass is 239 g/mol. The fraction of sp³-hybridized carbons (Fsp3) is 0.818. The Labute approximate surface area is 99.6 Å². The maximum atomic E-state index is 5.38. The van der Waals surface area contributed by atoms with Gasteiger partial charge in [-0.05, 0) is 38.0 Å². The molecule has 4 nitrogen and oxygen atoms in total. The van der Waals surface area contributed by atoms with Crippen LogP contribution in [-0.2, 0) is 0 Å². The second-order valence-electron chi connectivity index (χ2n) is 4.49. The molecule has 1 N–H and O–H groups in total. The van der Waals surface area contributed by atoms with E-state index >= 15 is 0 Å². The molecule has 0 aromatic carbocycles. The van der Waals surface area contributed by atoms with Gasteiger partial charge in [-0.1, -0.05) is 11.6 Å². The molecule has 88 valence electrons. The van der Waals surface area contributed by atoms with Gasteiger partial charge >= 0.3 is 0 Å². The van der Waals surface area contributed by atoms with Crippen LogP contribution in [0.15, 0.2) is 4.52 Å². The molecular formula is C11H17N3OS. The van der Waals surface area contributed by atoms with Crippen LogP contribution in [0.3, 0.4) is 0 Å². The van der Waals surface area contributed by atoms with Gasteiger partial charge in [-0.3, -0.25) is 0 Å². The third-order valence-corrected chi connectivity index (χ3v) is 4.66. The molecule has 0 saturated carbocycles. The van der Waals surface area contributed by atoms with E-state index < -0.39 is 0 Å². The fourth-order valence-corrected chi connectivity index (χ4v) is 3.56. The smallest absolute Gasteiger partial charge is 0.243 e. The van der Waals surface area contributed by atoms with Crippen LogP contribution in [0, 0.1) is 0 Å². The molecule has 2 saturated heterocycles. The van der Waals surface area contributed by atoms with Crippen molar-refractivity contribution in [3.63, 3.8) is 0 Å². The van der Waals surface area contributed by atoms with Crippen LogP contribution in [0.5, 0.6) is 0 Å². The first kappa shape index (κ1) is 10.6. The molecule has 1 unspecified atom stereocenters. The molecule has 1 aromatic heterocycles. The van der Waals surface area contributed by atoms with Gasteiger partial charge in [0, 0.05) is 0 Å². The Morgan fingerprint density at radius 3 is 3.00 bits per heavy atom. The highest BCUT2D eigenvalue weighted by Crippen LogP contribution is 2.38. The number of hydrogen-bond acceptors (Lipinski definition) is 5. The molecule has 0 radical (unpaired) electrons. The van der Waals surface area contributed by atoms with Crippen molar-refractivity contribution in [2.45, 2.75) is 43.4 Å². The van der Waals surface area contributed by atoms with E-state index in [1.807, 2.05) is 11.8 Å². The third kappa shape index (κ3) is 2.11. The van der Waals surface area contributed by atoms with E-state index in [1.54, 1.807) is 0 Å². The van der Waals surface area contributed by atoms with Crippen LogP contribution in [0.2, 0.25) is 0 Å². The molecule has 2 aliphatic heterocycles. The Morgan fingerprint density at radius 2 is 2.25 bits per heavy atom. The molecule has 5 heteroatoms. The van der Waals surface area contributed by atoms with Gasteiger partial charge in [0.05, 0.1) is 11.3 Å². The number of hydrogen-bond donors (Lipinski definition) is 1. The molecule has 2 atom stereocenters. The van der Waals surface area contributed by atoms with Crippen molar-refractivity contribution in [1.29, 1.82) is 0 Å². The van der Waals surface area contributed by atoms with E-state index in [0.717, 1.165) is 24.7 Å². The summed E-state index contributed by atoms with van der Waals surface area (Å²) in [7, 11) is 0. The van der Waals surface area contributed by atoms with Gasteiger partial charge in [-0.15, -0.1) is 0 Å². The molecule has 3 rings (SSSR count). The van der Waals surface area contributed by atoms with Crippen LogP contribution >= 0.6 is 11.8 Å². The maximum Gasteiger partial charge on any atom is 0.243 e. The quantitative estimate of drug-likeness (QED) is 0.859. The fourth-order valence-electron chi connectivity index (χ4n) is 2.36. The Balaban J connectivity index is 1.71. The van der Waals surface area contributed by atoms with E-state index in [1.165, 1.54) is 31.4 Å². The van der Waals surface area contributed by atoms with Gasteiger partial charge in [0.25, 0.3) is 0 Å². The summed E-state index contributed by atoms with van der Waals surface area (Å²) in [6, 6.07) is 0.293. The lowest BCUT2D eigenvalue weighted by Crippen LogP contribution is -2.27. The molecule has 3 heterocycles.